The van der Waals surface area contributed by atoms with E-state index in [1.807, 2.05) is 48.1 Å². The Morgan fingerprint density at radius 2 is 1.94 bits per heavy atom. The van der Waals surface area contributed by atoms with Gasteiger partial charge in [-0.15, -0.1) is 5.10 Å². The van der Waals surface area contributed by atoms with Crippen LogP contribution in [0.3, 0.4) is 0 Å². The summed E-state index contributed by atoms with van der Waals surface area (Å²) in [6.45, 7) is 1.86. The first-order valence-electron chi connectivity index (χ1n) is 10.9. The molecular weight excluding hydrogens is 390 g/mol. The molecule has 2 aliphatic rings. The summed E-state index contributed by atoms with van der Waals surface area (Å²) in [6, 6.07) is 10.3. The fraction of sp³-hybridized carbons (Fsp3) is 0.391. The number of ether oxygens (including phenoxy) is 1. The van der Waals surface area contributed by atoms with E-state index >= 15 is 0 Å². The Morgan fingerprint density at radius 3 is 2.71 bits per heavy atom. The van der Waals surface area contributed by atoms with E-state index in [4.69, 9.17) is 19.8 Å². The minimum atomic E-state index is 0.401. The van der Waals surface area contributed by atoms with Crippen LogP contribution in [0.25, 0.3) is 27.8 Å². The molecule has 0 bridgehead atoms. The van der Waals surface area contributed by atoms with E-state index in [9.17, 15) is 0 Å². The second kappa shape index (κ2) is 7.16. The summed E-state index contributed by atoms with van der Waals surface area (Å²) >= 11 is 0. The Balaban J connectivity index is 1.31. The molecule has 2 fully saturated rings. The molecule has 1 spiro atoms. The molecule has 0 amide bonds. The van der Waals surface area contributed by atoms with E-state index in [0.717, 1.165) is 59.7 Å². The van der Waals surface area contributed by atoms with Crippen LogP contribution < -0.4 is 10.6 Å². The quantitative estimate of drug-likeness (QED) is 0.525. The molecule has 0 atom stereocenters. The number of pyridine rings is 2. The zero-order valence-electron chi connectivity index (χ0n) is 17.5. The van der Waals surface area contributed by atoms with Crippen LogP contribution in [0.15, 0.2) is 42.7 Å². The minimum Gasteiger partial charge on any atom is -0.380 e. The molecule has 0 aromatic carbocycles. The molecule has 8 heteroatoms. The molecule has 4 aromatic rings. The Bertz CT molecular complexity index is 1250. The van der Waals surface area contributed by atoms with Crippen LogP contribution in [0.4, 0.5) is 11.8 Å². The maximum Gasteiger partial charge on any atom is 0.243 e. The largest absolute Gasteiger partial charge is 0.380 e. The van der Waals surface area contributed by atoms with Crippen molar-refractivity contribution in [1.29, 1.82) is 0 Å². The SMILES string of the molecule is CNc1nc(NC2CCC3(CC2)COC3)nn2ccc(-c3ccc4ncccc4n3)c12. The summed E-state index contributed by atoms with van der Waals surface area (Å²) in [7, 11) is 1.89. The predicted molar refractivity (Wildman–Crippen MR) is 120 cm³/mol. The number of anilines is 2. The van der Waals surface area contributed by atoms with Gasteiger partial charge in [0.05, 0.1) is 29.9 Å². The van der Waals surface area contributed by atoms with Gasteiger partial charge in [-0.25, -0.2) is 9.50 Å². The summed E-state index contributed by atoms with van der Waals surface area (Å²) in [5.74, 6) is 1.44. The third-order valence-electron chi connectivity index (χ3n) is 6.68. The number of hydrogen-bond donors (Lipinski definition) is 2. The molecule has 0 unspecified atom stereocenters. The van der Waals surface area contributed by atoms with Crippen LogP contribution in [-0.4, -0.2) is 50.9 Å². The van der Waals surface area contributed by atoms with Gasteiger partial charge in [-0.1, -0.05) is 0 Å². The Hall–Kier alpha value is -3.26. The molecule has 4 aromatic heterocycles. The van der Waals surface area contributed by atoms with E-state index in [0.29, 0.717) is 17.4 Å². The molecule has 1 aliphatic carbocycles. The van der Waals surface area contributed by atoms with Gasteiger partial charge in [0.1, 0.15) is 5.52 Å². The third kappa shape index (κ3) is 3.18. The molecule has 31 heavy (non-hydrogen) atoms. The van der Waals surface area contributed by atoms with Gasteiger partial charge in [0, 0.05) is 36.5 Å². The van der Waals surface area contributed by atoms with Gasteiger partial charge >= 0.3 is 0 Å². The van der Waals surface area contributed by atoms with Gasteiger partial charge in [0.2, 0.25) is 5.95 Å². The maximum atomic E-state index is 5.44. The highest BCUT2D eigenvalue weighted by Gasteiger charge is 2.41. The lowest BCUT2D eigenvalue weighted by Crippen LogP contribution is -2.47. The molecule has 6 rings (SSSR count). The lowest BCUT2D eigenvalue weighted by atomic mass is 9.71. The topological polar surface area (TPSA) is 89.3 Å². The number of nitrogens with one attached hydrogen (secondary N) is 2. The van der Waals surface area contributed by atoms with Gasteiger partial charge in [0.15, 0.2) is 5.82 Å². The van der Waals surface area contributed by atoms with Gasteiger partial charge in [-0.3, -0.25) is 4.98 Å². The van der Waals surface area contributed by atoms with E-state index in [2.05, 4.69) is 15.6 Å². The Morgan fingerprint density at radius 1 is 1.06 bits per heavy atom. The van der Waals surface area contributed by atoms with Crippen molar-refractivity contribution >= 4 is 28.3 Å². The standard InChI is InChI=1S/C23H25N7O/c1-24-21-20-16(17-4-5-18-19(27-17)3-2-11-25-18)8-12-30(20)29-22(28-21)26-15-6-9-23(10-7-15)13-31-14-23/h2-5,8,11-12,15H,6-7,9-10,13-14H2,1H3,(H2,24,26,28,29). The molecule has 1 aliphatic heterocycles. The first-order chi connectivity index (χ1) is 15.2. The maximum absolute atomic E-state index is 5.44. The van der Waals surface area contributed by atoms with Crippen molar-refractivity contribution in [3.05, 3.63) is 42.7 Å². The highest BCUT2D eigenvalue weighted by atomic mass is 16.5. The molecule has 8 nitrogen and oxygen atoms in total. The van der Waals surface area contributed by atoms with Crippen LogP contribution in [0.5, 0.6) is 0 Å². The van der Waals surface area contributed by atoms with Crippen molar-refractivity contribution in [2.45, 2.75) is 31.7 Å². The number of rotatable bonds is 4. The van der Waals surface area contributed by atoms with Crippen molar-refractivity contribution < 1.29 is 4.74 Å². The second-order valence-electron chi connectivity index (χ2n) is 8.71. The monoisotopic (exact) mass is 415 g/mol. The molecule has 1 saturated carbocycles. The number of fused-ring (bicyclic) bond motifs is 2. The van der Waals surface area contributed by atoms with Crippen LogP contribution in [-0.2, 0) is 4.74 Å². The molecule has 5 heterocycles. The molecule has 1 saturated heterocycles. The molecule has 2 N–H and O–H groups in total. The first-order valence-corrected chi connectivity index (χ1v) is 10.9. The zero-order chi connectivity index (χ0) is 20.8. The van der Waals surface area contributed by atoms with Crippen molar-refractivity contribution in [3.8, 4) is 11.3 Å². The van der Waals surface area contributed by atoms with Crippen LogP contribution >= 0.6 is 0 Å². The highest BCUT2D eigenvalue weighted by molar-refractivity contribution is 5.89. The van der Waals surface area contributed by atoms with Gasteiger partial charge in [-0.2, -0.15) is 4.98 Å². The van der Waals surface area contributed by atoms with Crippen LogP contribution in [0, 0.1) is 5.41 Å². The lowest BCUT2D eigenvalue weighted by molar-refractivity contribution is -0.131. The van der Waals surface area contributed by atoms with Crippen molar-refractivity contribution in [1.82, 2.24) is 24.6 Å². The average molecular weight is 416 g/mol. The minimum absolute atomic E-state index is 0.401. The second-order valence-corrected chi connectivity index (χ2v) is 8.71. The Kier molecular flexibility index (Phi) is 4.27. The predicted octanol–water partition coefficient (Wildman–Crippen LogP) is 3.75. The van der Waals surface area contributed by atoms with E-state index in [1.165, 1.54) is 12.8 Å². The van der Waals surface area contributed by atoms with E-state index in [-0.39, 0.29) is 0 Å². The summed E-state index contributed by atoms with van der Waals surface area (Å²) < 4.78 is 7.33. The fourth-order valence-electron chi connectivity index (χ4n) is 4.81. The molecular formula is C23H25N7O. The normalized spacial score (nSPS) is 18.4. The summed E-state index contributed by atoms with van der Waals surface area (Å²) in [4.78, 5) is 14.0. The van der Waals surface area contributed by atoms with Crippen LogP contribution in [0.1, 0.15) is 25.7 Å². The van der Waals surface area contributed by atoms with Crippen molar-refractivity contribution in [2.75, 3.05) is 30.9 Å². The average Bonchev–Trinajstić information content (AvgIpc) is 3.22. The lowest BCUT2D eigenvalue weighted by Gasteiger charge is -2.46. The zero-order valence-corrected chi connectivity index (χ0v) is 17.5. The summed E-state index contributed by atoms with van der Waals surface area (Å²) in [5, 5.41) is 11.5. The first kappa shape index (κ1) is 18.5. The van der Waals surface area contributed by atoms with Crippen molar-refractivity contribution in [2.24, 2.45) is 5.41 Å². The summed E-state index contributed by atoms with van der Waals surface area (Å²) in [5.41, 5.74) is 4.98. The van der Waals surface area contributed by atoms with Crippen molar-refractivity contribution in [3.63, 3.8) is 0 Å². The number of nitrogens with zero attached hydrogens (tertiary/aromatic N) is 5. The Labute approximate surface area is 180 Å². The number of hydrogen-bond acceptors (Lipinski definition) is 7. The van der Waals surface area contributed by atoms with Crippen LogP contribution in [0.2, 0.25) is 0 Å². The van der Waals surface area contributed by atoms with Gasteiger partial charge < -0.3 is 15.4 Å². The smallest absolute Gasteiger partial charge is 0.243 e. The van der Waals surface area contributed by atoms with E-state index < -0.39 is 0 Å². The van der Waals surface area contributed by atoms with Gasteiger partial charge in [0.25, 0.3) is 0 Å². The number of aromatic nitrogens is 5. The van der Waals surface area contributed by atoms with E-state index in [1.54, 1.807) is 6.20 Å². The highest BCUT2D eigenvalue weighted by Crippen LogP contribution is 2.42. The summed E-state index contributed by atoms with van der Waals surface area (Å²) in [6.07, 6.45) is 8.43. The molecule has 158 valence electrons. The van der Waals surface area contributed by atoms with Gasteiger partial charge in [-0.05, 0) is 56.0 Å². The third-order valence-corrected chi connectivity index (χ3v) is 6.68. The molecule has 0 radical (unpaired) electrons. The fourth-order valence-corrected chi connectivity index (χ4v) is 4.81.